The summed E-state index contributed by atoms with van der Waals surface area (Å²) in [6.45, 7) is 2.01. The SMILES string of the molecule is Cc1csc(-c2[c]cc(-c3ccc4[nH]cnc4c3)cc2)n1. The van der Waals surface area contributed by atoms with E-state index in [0.29, 0.717) is 0 Å². The van der Waals surface area contributed by atoms with Crippen LogP contribution in [0.25, 0.3) is 32.7 Å². The van der Waals surface area contributed by atoms with E-state index in [1.54, 1.807) is 17.7 Å². The molecule has 0 aliphatic heterocycles. The lowest BCUT2D eigenvalue weighted by Gasteiger charge is -2.03. The fourth-order valence-electron chi connectivity index (χ4n) is 2.33. The van der Waals surface area contributed by atoms with Crippen molar-refractivity contribution in [2.45, 2.75) is 6.92 Å². The number of rotatable bonds is 2. The van der Waals surface area contributed by atoms with E-state index < -0.39 is 0 Å². The maximum Gasteiger partial charge on any atom is 0.124 e. The highest BCUT2D eigenvalue weighted by atomic mass is 32.1. The number of aromatic amines is 1. The number of aromatic nitrogens is 3. The van der Waals surface area contributed by atoms with Gasteiger partial charge in [0.25, 0.3) is 0 Å². The van der Waals surface area contributed by atoms with Gasteiger partial charge < -0.3 is 4.98 Å². The highest BCUT2D eigenvalue weighted by molar-refractivity contribution is 7.13. The molecule has 1 N–H and O–H groups in total. The van der Waals surface area contributed by atoms with Gasteiger partial charge in [0.1, 0.15) is 5.01 Å². The average molecular weight is 290 g/mol. The lowest BCUT2D eigenvalue weighted by molar-refractivity contribution is 1.27. The largest absolute Gasteiger partial charge is 0.345 e. The van der Waals surface area contributed by atoms with Crippen molar-refractivity contribution in [3.8, 4) is 21.7 Å². The van der Waals surface area contributed by atoms with Crippen molar-refractivity contribution in [2.24, 2.45) is 0 Å². The molecule has 0 unspecified atom stereocenters. The number of thiazole rings is 1. The van der Waals surface area contributed by atoms with E-state index in [-0.39, 0.29) is 0 Å². The fourth-order valence-corrected chi connectivity index (χ4v) is 3.11. The van der Waals surface area contributed by atoms with Crippen LogP contribution < -0.4 is 0 Å². The molecule has 0 atom stereocenters. The molecule has 1 radical (unpaired) electrons. The Kier molecular flexibility index (Phi) is 2.82. The molecule has 0 saturated heterocycles. The Bertz CT molecular complexity index is 903. The summed E-state index contributed by atoms with van der Waals surface area (Å²) in [4.78, 5) is 11.9. The van der Waals surface area contributed by atoms with Gasteiger partial charge in [0.15, 0.2) is 0 Å². The van der Waals surface area contributed by atoms with Crippen molar-refractivity contribution in [1.29, 1.82) is 0 Å². The second-order valence-electron chi connectivity index (χ2n) is 4.92. The van der Waals surface area contributed by atoms with Crippen molar-refractivity contribution < 1.29 is 0 Å². The first kappa shape index (κ1) is 12.3. The number of imidazole rings is 1. The van der Waals surface area contributed by atoms with Crippen molar-refractivity contribution >= 4 is 22.4 Å². The van der Waals surface area contributed by atoms with Crippen LogP contribution in [0.1, 0.15) is 5.69 Å². The lowest BCUT2D eigenvalue weighted by atomic mass is 10.0. The summed E-state index contributed by atoms with van der Waals surface area (Å²) < 4.78 is 0. The van der Waals surface area contributed by atoms with Gasteiger partial charge in [-0.15, -0.1) is 11.3 Å². The Hall–Kier alpha value is -2.46. The first-order valence-corrected chi connectivity index (χ1v) is 7.55. The molecule has 0 fully saturated rings. The summed E-state index contributed by atoms with van der Waals surface area (Å²) in [5.74, 6) is 0. The number of nitrogens with one attached hydrogen (secondary N) is 1. The molecule has 2 aromatic heterocycles. The van der Waals surface area contributed by atoms with E-state index in [1.165, 1.54) is 0 Å². The first-order chi connectivity index (χ1) is 10.3. The molecule has 0 spiro atoms. The molecule has 4 heteroatoms. The zero-order valence-electron chi connectivity index (χ0n) is 11.4. The van der Waals surface area contributed by atoms with Crippen molar-refractivity contribution in [2.75, 3.05) is 0 Å². The van der Waals surface area contributed by atoms with Gasteiger partial charge in [-0.25, -0.2) is 9.97 Å². The number of aryl methyl sites for hydroxylation is 1. The summed E-state index contributed by atoms with van der Waals surface area (Å²) >= 11 is 1.65. The Morgan fingerprint density at radius 1 is 1.14 bits per heavy atom. The molecule has 2 aromatic carbocycles. The molecule has 3 nitrogen and oxygen atoms in total. The molecule has 0 aliphatic rings. The third kappa shape index (κ3) is 2.23. The molecule has 0 saturated carbocycles. The van der Waals surface area contributed by atoms with E-state index in [4.69, 9.17) is 0 Å². The molecular weight excluding hydrogens is 278 g/mol. The van der Waals surface area contributed by atoms with Crippen LogP contribution in [0, 0.1) is 13.0 Å². The predicted octanol–water partition coefficient (Wildman–Crippen LogP) is 4.46. The van der Waals surface area contributed by atoms with Gasteiger partial charge in [-0.1, -0.05) is 18.2 Å². The van der Waals surface area contributed by atoms with Crippen LogP contribution in [0.3, 0.4) is 0 Å². The zero-order valence-corrected chi connectivity index (χ0v) is 12.2. The average Bonchev–Trinajstić information content (AvgIpc) is 3.15. The lowest BCUT2D eigenvalue weighted by Crippen LogP contribution is -1.81. The second kappa shape index (κ2) is 4.82. The summed E-state index contributed by atoms with van der Waals surface area (Å²) in [7, 11) is 0. The monoisotopic (exact) mass is 290 g/mol. The third-order valence-electron chi connectivity index (χ3n) is 3.42. The maximum absolute atomic E-state index is 4.49. The highest BCUT2D eigenvalue weighted by Gasteiger charge is 2.05. The van der Waals surface area contributed by atoms with Crippen LogP contribution in [0.4, 0.5) is 0 Å². The topological polar surface area (TPSA) is 41.6 Å². The van der Waals surface area contributed by atoms with Crippen LogP contribution in [0.5, 0.6) is 0 Å². The summed E-state index contributed by atoms with van der Waals surface area (Å²) in [6, 6.07) is 15.8. The molecule has 4 rings (SSSR count). The third-order valence-corrected chi connectivity index (χ3v) is 4.41. The maximum atomic E-state index is 4.49. The van der Waals surface area contributed by atoms with Gasteiger partial charge in [0.05, 0.1) is 17.4 Å². The Balaban J connectivity index is 1.72. The van der Waals surface area contributed by atoms with Gasteiger partial charge in [-0.3, -0.25) is 0 Å². The number of fused-ring (bicyclic) bond motifs is 1. The van der Waals surface area contributed by atoms with E-state index in [2.05, 4.69) is 56.7 Å². The molecule has 0 bridgehead atoms. The molecular formula is C17H12N3S. The fraction of sp³-hybridized carbons (Fsp3) is 0.0588. The number of nitrogens with zero attached hydrogens (tertiary/aromatic N) is 2. The number of hydrogen-bond donors (Lipinski definition) is 1. The van der Waals surface area contributed by atoms with Gasteiger partial charge in [0, 0.05) is 16.6 Å². The number of hydrogen-bond acceptors (Lipinski definition) is 3. The van der Waals surface area contributed by atoms with Crippen LogP contribution in [0.2, 0.25) is 0 Å². The Morgan fingerprint density at radius 3 is 2.81 bits per heavy atom. The van der Waals surface area contributed by atoms with Gasteiger partial charge in [0.2, 0.25) is 0 Å². The van der Waals surface area contributed by atoms with Crippen molar-refractivity contribution in [3.63, 3.8) is 0 Å². The molecule has 4 aromatic rings. The van der Waals surface area contributed by atoms with E-state index >= 15 is 0 Å². The predicted molar refractivity (Wildman–Crippen MR) is 86.2 cm³/mol. The molecule has 0 amide bonds. The quantitative estimate of drug-likeness (QED) is 0.592. The van der Waals surface area contributed by atoms with Crippen LogP contribution >= 0.6 is 11.3 Å². The normalized spacial score (nSPS) is 11.1. The van der Waals surface area contributed by atoms with Crippen molar-refractivity contribution in [3.05, 3.63) is 59.9 Å². The van der Waals surface area contributed by atoms with Crippen LogP contribution in [0.15, 0.2) is 48.1 Å². The van der Waals surface area contributed by atoms with Crippen LogP contribution in [-0.2, 0) is 0 Å². The molecule has 0 aliphatic carbocycles. The van der Waals surface area contributed by atoms with Gasteiger partial charge in [-0.2, -0.15) is 0 Å². The van der Waals surface area contributed by atoms with E-state index in [0.717, 1.165) is 38.4 Å². The standard InChI is InChI=1S/C17H12N3S/c1-11-9-21-17(20-11)13-4-2-12(3-5-13)14-6-7-15-16(8-14)19-10-18-15/h2-4,6-10H,1H3,(H,18,19). The zero-order chi connectivity index (χ0) is 14.2. The summed E-state index contributed by atoms with van der Waals surface area (Å²) in [5, 5.41) is 3.07. The number of H-pyrrole nitrogens is 1. The smallest absolute Gasteiger partial charge is 0.124 e. The second-order valence-corrected chi connectivity index (χ2v) is 5.78. The molecule has 101 valence electrons. The van der Waals surface area contributed by atoms with Crippen LogP contribution in [-0.4, -0.2) is 15.0 Å². The summed E-state index contributed by atoms with van der Waals surface area (Å²) in [6.07, 6.45) is 1.72. The van der Waals surface area contributed by atoms with Gasteiger partial charge in [-0.05, 0) is 42.3 Å². The number of benzene rings is 2. The summed E-state index contributed by atoms with van der Waals surface area (Å²) in [5.41, 5.74) is 6.41. The van der Waals surface area contributed by atoms with E-state index in [1.807, 2.05) is 13.0 Å². The Labute approximate surface area is 126 Å². The van der Waals surface area contributed by atoms with Crippen molar-refractivity contribution in [1.82, 2.24) is 15.0 Å². The Morgan fingerprint density at radius 2 is 2.05 bits per heavy atom. The molecule has 2 heterocycles. The molecule has 21 heavy (non-hydrogen) atoms. The van der Waals surface area contributed by atoms with E-state index in [9.17, 15) is 0 Å². The minimum absolute atomic E-state index is 0.979. The highest BCUT2D eigenvalue weighted by Crippen LogP contribution is 2.27. The minimum atomic E-state index is 0.979. The first-order valence-electron chi connectivity index (χ1n) is 6.67. The minimum Gasteiger partial charge on any atom is -0.345 e. The van der Waals surface area contributed by atoms with Gasteiger partial charge >= 0.3 is 0 Å².